The van der Waals surface area contributed by atoms with Crippen LogP contribution in [0.4, 0.5) is 0 Å². The molecule has 0 spiro atoms. The summed E-state index contributed by atoms with van der Waals surface area (Å²) in [5.41, 5.74) is 6.83. The van der Waals surface area contributed by atoms with Crippen LogP contribution >= 0.6 is 47.2 Å². The van der Waals surface area contributed by atoms with Crippen LogP contribution in [0.25, 0.3) is 0 Å². The van der Waals surface area contributed by atoms with Gasteiger partial charge in [0.1, 0.15) is 0 Å². The lowest BCUT2D eigenvalue weighted by Gasteiger charge is -2.16. The number of imidazole rings is 1. The fourth-order valence-corrected chi connectivity index (χ4v) is 2.64. The Balaban J connectivity index is 0.00000264. The molecule has 1 heterocycles. The van der Waals surface area contributed by atoms with Gasteiger partial charge in [0.25, 0.3) is 0 Å². The molecule has 0 fully saturated rings. The number of hydrogen-bond acceptors (Lipinski definition) is 2. The molecule has 1 unspecified atom stereocenters. The number of guanidine groups is 1. The third kappa shape index (κ3) is 6.56. The molecule has 1 atom stereocenters. The molecule has 1 aromatic heterocycles. The molecule has 0 saturated heterocycles. The highest BCUT2D eigenvalue weighted by Crippen LogP contribution is 2.25. The number of hydrogen-bond donors (Lipinski definition) is 2. The zero-order valence-corrected chi connectivity index (χ0v) is 16.6. The summed E-state index contributed by atoms with van der Waals surface area (Å²) in [5.74, 6) is 0.407. The lowest BCUT2D eigenvalue weighted by molar-refractivity contribution is 0.645. The maximum Gasteiger partial charge on any atom is 0.189 e. The van der Waals surface area contributed by atoms with E-state index in [4.69, 9.17) is 28.9 Å². The summed E-state index contributed by atoms with van der Waals surface area (Å²) < 4.78 is 2.01. The van der Waals surface area contributed by atoms with Crippen LogP contribution in [-0.2, 0) is 6.54 Å². The van der Waals surface area contributed by atoms with Crippen molar-refractivity contribution >= 4 is 53.1 Å². The van der Waals surface area contributed by atoms with E-state index in [1.165, 1.54) is 0 Å². The molecule has 0 saturated carbocycles. The summed E-state index contributed by atoms with van der Waals surface area (Å²) in [6.45, 7) is 3.50. The minimum absolute atomic E-state index is 0. The average molecular weight is 468 g/mol. The topological polar surface area (TPSA) is 68.2 Å². The zero-order chi connectivity index (χ0) is 15.9. The van der Waals surface area contributed by atoms with E-state index in [9.17, 15) is 0 Å². The second kappa shape index (κ2) is 10.00. The third-order valence-corrected chi connectivity index (χ3v) is 3.77. The smallest absolute Gasteiger partial charge is 0.189 e. The standard InChI is InChI=1S/C15H19Cl2N5.HI/c1-11(13-4-3-12(16)9-14(13)17)21-15(18)20-5-2-7-22-8-6-19-10-22;/h3-4,6,8-11H,2,5,7H2,1H3,(H3,18,20,21);1H. The summed E-state index contributed by atoms with van der Waals surface area (Å²) in [6, 6.07) is 5.37. The Hall–Kier alpha value is -0.990. The molecule has 5 nitrogen and oxygen atoms in total. The Kier molecular flexibility index (Phi) is 8.72. The Morgan fingerprint density at radius 3 is 2.87 bits per heavy atom. The first-order chi connectivity index (χ1) is 10.6. The first-order valence-corrected chi connectivity index (χ1v) is 7.79. The molecule has 0 radical (unpaired) electrons. The fourth-order valence-electron chi connectivity index (χ4n) is 2.07. The Bertz CT molecular complexity index is 631. The predicted octanol–water partition coefficient (Wildman–Crippen LogP) is 3.86. The van der Waals surface area contributed by atoms with Crippen molar-refractivity contribution in [1.29, 1.82) is 0 Å². The maximum atomic E-state index is 6.18. The summed E-state index contributed by atoms with van der Waals surface area (Å²) in [4.78, 5) is 8.31. The monoisotopic (exact) mass is 467 g/mol. The van der Waals surface area contributed by atoms with Gasteiger partial charge in [-0.1, -0.05) is 29.3 Å². The van der Waals surface area contributed by atoms with Crippen molar-refractivity contribution in [1.82, 2.24) is 14.9 Å². The largest absolute Gasteiger partial charge is 0.370 e. The van der Waals surface area contributed by atoms with Gasteiger partial charge in [0.05, 0.1) is 12.4 Å². The molecule has 2 rings (SSSR count). The number of halogens is 3. The number of benzene rings is 1. The van der Waals surface area contributed by atoms with Gasteiger partial charge < -0.3 is 15.6 Å². The van der Waals surface area contributed by atoms with Gasteiger partial charge in [0, 0.05) is 35.5 Å². The van der Waals surface area contributed by atoms with E-state index in [2.05, 4.69) is 15.3 Å². The van der Waals surface area contributed by atoms with Gasteiger partial charge in [-0.3, -0.25) is 4.99 Å². The van der Waals surface area contributed by atoms with Crippen molar-refractivity contribution in [3.8, 4) is 0 Å². The van der Waals surface area contributed by atoms with Crippen LogP contribution in [0.1, 0.15) is 24.9 Å². The van der Waals surface area contributed by atoms with Crippen LogP contribution < -0.4 is 11.1 Å². The maximum absolute atomic E-state index is 6.18. The van der Waals surface area contributed by atoms with Crippen LogP contribution in [0.3, 0.4) is 0 Å². The highest BCUT2D eigenvalue weighted by atomic mass is 127. The quantitative estimate of drug-likeness (QED) is 0.293. The number of nitrogens with zero attached hydrogens (tertiary/aromatic N) is 3. The molecular formula is C15H20Cl2IN5. The Morgan fingerprint density at radius 1 is 1.43 bits per heavy atom. The minimum atomic E-state index is -0.0397. The van der Waals surface area contributed by atoms with Crippen molar-refractivity contribution in [3.05, 3.63) is 52.5 Å². The van der Waals surface area contributed by atoms with Gasteiger partial charge in [0.15, 0.2) is 5.96 Å². The molecule has 3 N–H and O–H groups in total. The molecular weight excluding hydrogens is 448 g/mol. The van der Waals surface area contributed by atoms with Crippen molar-refractivity contribution in [2.24, 2.45) is 10.7 Å². The van der Waals surface area contributed by atoms with Crippen LogP contribution in [0.15, 0.2) is 41.9 Å². The molecule has 1 aromatic carbocycles. The lowest BCUT2D eigenvalue weighted by atomic mass is 10.1. The van der Waals surface area contributed by atoms with E-state index in [1.54, 1.807) is 24.7 Å². The molecule has 0 aliphatic heterocycles. The van der Waals surface area contributed by atoms with E-state index >= 15 is 0 Å². The second-order valence-corrected chi connectivity index (χ2v) is 5.80. The number of nitrogens with one attached hydrogen (secondary N) is 1. The average Bonchev–Trinajstić information content (AvgIpc) is 2.96. The molecule has 0 bridgehead atoms. The van der Waals surface area contributed by atoms with Gasteiger partial charge in [-0.2, -0.15) is 0 Å². The SMILES string of the molecule is CC(NC(N)=NCCCn1ccnc1)c1ccc(Cl)cc1Cl.I. The summed E-state index contributed by atoms with van der Waals surface area (Å²) >= 11 is 12.1. The highest BCUT2D eigenvalue weighted by Gasteiger charge is 2.10. The van der Waals surface area contributed by atoms with Crippen molar-refractivity contribution in [2.45, 2.75) is 25.9 Å². The number of aromatic nitrogens is 2. The predicted molar refractivity (Wildman–Crippen MR) is 107 cm³/mol. The Labute approximate surface area is 163 Å². The molecule has 23 heavy (non-hydrogen) atoms. The third-order valence-electron chi connectivity index (χ3n) is 3.21. The van der Waals surface area contributed by atoms with Gasteiger partial charge in [0.2, 0.25) is 0 Å². The van der Waals surface area contributed by atoms with E-state index in [1.807, 2.05) is 23.8 Å². The number of aryl methyl sites for hydroxylation is 1. The zero-order valence-electron chi connectivity index (χ0n) is 12.7. The van der Waals surface area contributed by atoms with Crippen LogP contribution in [0.5, 0.6) is 0 Å². The van der Waals surface area contributed by atoms with Crippen LogP contribution in [0.2, 0.25) is 10.0 Å². The first kappa shape index (κ1) is 20.1. The van der Waals surface area contributed by atoms with Gasteiger partial charge in [-0.25, -0.2) is 4.98 Å². The number of rotatable bonds is 6. The summed E-state index contributed by atoms with van der Waals surface area (Å²) in [7, 11) is 0. The molecule has 2 aromatic rings. The van der Waals surface area contributed by atoms with Crippen LogP contribution in [0, 0.1) is 0 Å². The van der Waals surface area contributed by atoms with Gasteiger partial charge in [-0.15, -0.1) is 24.0 Å². The van der Waals surface area contributed by atoms with E-state index < -0.39 is 0 Å². The molecule has 8 heteroatoms. The molecule has 126 valence electrons. The highest BCUT2D eigenvalue weighted by molar-refractivity contribution is 14.0. The van der Waals surface area contributed by atoms with Gasteiger partial charge in [-0.05, 0) is 31.0 Å². The van der Waals surface area contributed by atoms with Crippen molar-refractivity contribution in [3.63, 3.8) is 0 Å². The first-order valence-electron chi connectivity index (χ1n) is 7.03. The van der Waals surface area contributed by atoms with Crippen molar-refractivity contribution in [2.75, 3.05) is 6.54 Å². The van der Waals surface area contributed by atoms with E-state index in [0.29, 0.717) is 22.5 Å². The number of aliphatic imine (C=N–C) groups is 1. The molecule has 0 aliphatic rings. The van der Waals surface area contributed by atoms with E-state index in [0.717, 1.165) is 18.5 Å². The fraction of sp³-hybridized carbons (Fsp3) is 0.333. The molecule has 0 amide bonds. The number of nitrogens with two attached hydrogens (primary N) is 1. The van der Waals surface area contributed by atoms with E-state index in [-0.39, 0.29) is 30.0 Å². The summed E-state index contributed by atoms with van der Waals surface area (Å²) in [5, 5.41) is 4.36. The summed E-state index contributed by atoms with van der Waals surface area (Å²) in [6.07, 6.45) is 6.37. The molecule has 0 aliphatic carbocycles. The second-order valence-electron chi connectivity index (χ2n) is 4.95. The van der Waals surface area contributed by atoms with Gasteiger partial charge >= 0.3 is 0 Å². The normalized spacial score (nSPS) is 12.6. The van der Waals surface area contributed by atoms with Crippen LogP contribution in [-0.4, -0.2) is 22.1 Å². The van der Waals surface area contributed by atoms with Crippen molar-refractivity contribution < 1.29 is 0 Å². The lowest BCUT2D eigenvalue weighted by Crippen LogP contribution is -2.34. The Morgan fingerprint density at radius 2 is 2.22 bits per heavy atom. The minimum Gasteiger partial charge on any atom is -0.370 e.